The maximum Gasteiger partial charge on any atom is 0.420 e. The fraction of sp³-hybridized carbons (Fsp3) is 0.372. The topological polar surface area (TPSA) is 120 Å². The number of benzene rings is 3. The van der Waals surface area contributed by atoms with E-state index in [2.05, 4.69) is 10.3 Å². The number of pyridine rings is 1. The summed E-state index contributed by atoms with van der Waals surface area (Å²) < 4.78 is 63.7. The highest BCUT2D eigenvalue weighted by molar-refractivity contribution is 7.22. The molecule has 0 unspecified atom stereocenters. The van der Waals surface area contributed by atoms with Crippen LogP contribution in [0.4, 0.5) is 24.1 Å². The molecule has 1 aliphatic carbocycles. The van der Waals surface area contributed by atoms with Gasteiger partial charge in [0.15, 0.2) is 10.8 Å². The average molecular weight is 801 g/mol. The maximum atomic E-state index is 15.1. The second-order valence-corrected chi connectivity index (χ2v) is 16.2. The van der Waals surface area contributed by atoms with Crippen molar-refractivity contribution in [2.75, 3.05) is 23.4 Å². The molecule has 57 heavy (non-hydrogen) atoms. The third-order valence-electron chi connectivity index (χ3n) is 9.93. The van der Waals surface area contributed by atoms with Gasteiger partial charge in [0, 0.05) is 36.2 Å². The van der Waals surface area contributed by atoms with Crippen LogP contribution in [-0.2, 0) is 33.4 Å². The number of para-hydroxylation sites is 1. The predicted octanol–water partition coefficient (Wildman–Crippen LogP) is 9.44. The normalized spacial score (nSPS) is 17.2. The number of hydrogen-bond acceptors (Lipinski definition) is 10. The lowest BCUT2D eigenvalue weighted by atomic mass is 9.93. The molecule has 1 fully saturated rings. The molecule has 1 saturated carbocycles. The first kappa shape index (κ1) is 39.9. The molecule has 14 heteroatoms. The Morgan fingerprint density at radius 1 is 0.912 bits per heavy atom. The molecule has 0 radical (unpaired) electrons. The van der Waals surface area contributed by atoms with E-state index >= 15 is 13.2 Å². The lowest BCUT2D eigenvalue weighted by Gasteiger charge is -2.32. The van der Waals surface area contributed by atoms with Crippen LogP contribution in [0.25, 0.3) is 21.3 Å². The van der Waals surface area contributed by atoms with Crippen LogP contribution in [0.15, 0.2) is 72.8 Å². The van der Waals surface area contributed by atoms with E-state index in [1.807, 2.05) is 41.3 Å². The summed E-state index contributed by atoms with van der Waals surface area (Å²) in [4.78, 5) is 49.3. The number of nitrogens with zero attached hydrogens (tertiary/aromatic N) is 3. The zero-order chi connectivity index (χ0) is 40.3. The lowest BCUT2D eigenvalue weighted by molar-refractivity contribution is -0.139. The van der Waals surface area contributed by atoms with Crippen LogP contribution in [0.5, 0.6) is 5.75 Å². The van der Waals surface area contributed by atoms with Crippen molar-refractivity contribution in [3.63, 3.8) is 0 Å². The zero-order valence-electron chi connectivity index (χ0n) is 31.9. The van der Waals surface area contributed by atoms with E-state index in [1.165, 1.54) is 35.6 Å². The number of aldehydes is 1. The van der Waals surface area contributed by atoms with Crippen molar-refractivity contribution in [3.05, 3.63) is 101 Å². The van der Waals surface area contributed by atoms with Crippen molar-refractivity contribution in [1.29, 1.82) is 0 Å². The second-order valence-electron chi connectivity index (χ2n) is 15.1. The van der Waals surface area contributed by atoms with Crippen LogP contribution in [0, 0.1) is 0 Å². The van der Waals surface area contributed by atoms with Gasteiger partial charge < -0.3 is 23.9 Å². The molecule has 2 aromatic heterocycles. The van der Waals surface area contributed by atoms with Crippen LogP contribution < -0.4 is 15.0 Å². The fourth-order valence-electron chi connectivity index (χ4n) is 7.33. The van der Waals surface area contributed by atoms with Crippen molar-refractivity contribution >= 4 is 50.7 Å². The monoisotopic (exact) mass is 800 g/mol. The highest BCUT2D eigenvalue weighted by Crippen LogP contribution is 2.45. The van der Waals surface area contributed by atoms with Crippen LogP contribution in [0.3, 0.4) is 0 Å². The van der Waals surface area contributed by atoms with Gasteiger partial charge in [-0.05, 0) is 100 Å². The number of alkyl halides is 3. The van der Waals surface area contributed by atoms with E-state index in [-0.39, 0.29) is 47.5 Å². The van der Waals surface area contributed by atoms with Crippen molar-refractivity contribution in [3.8, 4) is 16.9 Å². The molecule has 1 N–H and O–H groups in total. The maximum absolute atomic E-state index is 15.1. The highest BCUT2D eigenvalue weighted by atomic mass is 32.1. The van der Waals surface area contributed by atoms with E-state index in [0.717, 1.165) is 27.6 Å². The fourth-order valence-corrected chi connectivity index (χ4v) is 8.19. The number of aromatic nitrogens is 2. The Morgan fingerprint density at radius 3 is 2.40 bits per heavy atom. The van der Waals surface area contributed by atoms with Gasteiger partial charge >= 0.3 is 12.1 Å². The summed E-state index contributed by atoms with van der Waals surface area (Å²) in [5, 5.41) is 3.41. The van der Waals surface area contributed by atoms with Gasteiger partial charge in [-0.3, -0.25) is 10.1 Å². The van der Waals surface area contributed by atoms with Crippen LogP contribution in [0.1, 0.15) is 90.4 Å². The number of rotatable bonds is 11. The number of carbonyl (C=O) groups excluding carboxylic acids is 3. The van der Waals surface area contributed by atoms with Gasteiger partial charge in [0.1, 0.15) is 29.0 Å². The van der Waals surface area contributed by atoms with Crippen LogP contribution >= 0.6 is 11.3 Å². The van der Waals surface area contributed by atoms with Gasteiger partial charge in [0.25, 0.3) is 5.91 Å². The first-order chi connectivity index (χ1) is 27.3. The molecular formula is C43H43F3N4O6S. The minimum Gasteiger partial charge on any atom is -0.490 e. The number of thiazole rings is 1. The van der Waals surface area contributed by atoms with Gasteiger partial charge in [-0.15, -0.1) is 0 Å². The lowest BCUT2D eigenvalue weighted by Crippen LogP contribution is -2.33. The molecule has 298 valence electrons. The quantitative estimate of drug-likeness (QED) is 0.0792. The number of nitrogens with one attached hydrogen (secondary N) is 1. The zero-order valence-corrected chi connectivity index (χ0v) is 32.7. The summed E-state index contributed by atoms with van der Waals surface area (Å²) in [6.07, 6.45) is -1.62. The number of esters is 1. The Labute approximate surface area is 332 Å². The Kier molecular flexibility index (Phi) is 11.6. The van der Waals surface area contributed by atoms with Gasteiger partial charge in [-0.1, -0.05) is 47.7 Å². The SMILES string of the molecule is CC(C)(C)OC(=O)c1nc(N2CCc3cccc(C(=O)Nc4nc5ccccc5s4)c3C2)ccc1-c1cccc(OC2CCC(OCCC=O)CC2)c1C(F)(F)F. The number of amides is 1. The molecule has 1 aliphatic heterocycles. The summed E-state index contributed by atoms with van der Waals surface area (Å²) >= 11 is 1.38. The summed E-state index contributed by atoms with van der Waals surface area (Å²) in [6.45, 7) is 6.08. The molecular weight excluding hydrogens is 758 g/mol. The van der Waals surface area contributed by atoms with Crippen molar-refractivity contribution in [1.82, 2.24) is 9.97 Å². The highest BCUT2D eigenvalue weighted by Gasteiger charge is 2.40. The predicted molar refractivity (Wildman–Crippen MR) is 212 cm³/mol. The molecule has 0 atom stereocenters. The first-order valence-corrected chi connectivity index (χ1v) is 19.8. The van der Waals surface area contributed by atoms with Gasteiger partial charge in [-0.2, -0.15) is 13.2 Å². The number of fused-ring (bicyclic) bond motifs is 2. The van der Waals surface area contributed by atoms with Crippen molar-refractivity contribution in [2.45, 2.75) is 89.8 Å². The number of anilines is 2. The largest absolute Gasteiger partial charge is 0.490 e. The average Bonchev–Trinajstić information content (AvgIpc) is 3.59. The molecule has 0 spiro atoms. The smallest absolute Gasteiger partial charge is 0.420 e. The van der Waals surface area contributed by atoms with E-state index in [1.54, 1.807) is 32.9 Å². The third-order valence-corrected chi connectivity index (χ3v) is 10.9. The van der Waals surface area contributed by atoms with Crippen LogP contribution in [-0.4, -0.2) is 59.1 Å². The summed E-state index contributed by atoms with van der Waals surface area (Å²) in [6, 6.07) is 20.3. The Balaban J connectivity index is 1.19. The number of ether oxygens (including phenoxy) is 3. The van der Waals surface area contributed by atoms with Crippen molar-refractivity contribution < 1.29 is 41.8 Å². The molecule has 3 heterocycles. The summed E-state index contributed by atoms with van der Waals surface area (Å²) in [5.74, 6) is -1.18. The Bertz CT molecular complexity index is 2250. The Hall–Kier alpha value is -5.34. The van der Waals surface area contributed by atoms with E-state index < -0.39 is 29.4 Å². The molecule has 5 aromatic rings. The van der Waals surface area contributed by atoms with Gasteiger partial charge in [-0.25, -0.2) is 14.8 Å². The molecule has 0 saturated heterocycles. The molecule has 3 aromatic carbocycles. The summed E-state index contributed by atoms with van der Waals surface area (Å²) in [7, 11) is 0. The second kappa shape index (κ2) is 16.6. The number of halogens is 3. The first-order valence-electron chi connectivity index (χ1n) is 19.0. The molecule has 2 aliphatic rings. The summed E-state index contributed by atoms with van der Waals surface area (Å²) in [5.41, 5.74) is 0.453. The van der Waals surface area contributed by atoms with Gasteiger partial charge in [0.2, 0.25) is 0 Å². The molecule has 10 nitrogen and oxygen atoms in total. The number of carbonyl (C=O) groups is 3. The molecule has 1 amide bonds. The molecule has 7 rings (SSSR count). The third kappa shape index (κ3) is 9.29. The molecule has 0 bridgehead atoms. The minimum atomic E-state index is -4.84. The van der Waals surface area contributed by atoms with E-state index in [9.17, 15) is 14.4 Å². The Morgan fingerprint density at radius 2 is 1.67 bits per heavy atom. The minimum absolute atomic E-state index is 0.0497. The van der Waals surface area contributed by atoms with Crippen LogP contribution in [0.2, 0.25) is 0 Å². The van der Waals surface area contributed by atoms with E-state index in [0.29, 0.717) is 61.8 Å². The van der Waals surface area contributed by atoms with Gasteiger partial charge in [0.05, 0.1) is 29.0 Å². The van der Waals surface area contributed by atoms with Crippen molar-refractivity contribution in [2.24, 2.45) is 0 Å². The standard InChI is InChI=1S/C43H43F3N4O6S/c1-42(2,3)56-40(53)38-30(29-10-7-13-34(37(29)43(44,45)46)55-28-17-15-27(16-18-28)54-24-8-23-51)19-20-36(48-38)50-22-21-26-9-6-11-31(32(26)25-50)39(52)49-41-47-33-12-4-5-14-35(33)57-41/h4-7,9-14,19-20,23,27-28H,8,15-18,21-22,24-25H2,1-3H3,(H,47,49,52). The van der Waals surface area contributed by atoms with E-state index in [4.69, 9.17) is 19.2 Å². The number of hydrogen-bond donors (Lipinski definition) is 1.